The Labute approximate surface area is 171 Å². The third-order valence-electron chi connectivity index (χ3n) is 6.88. The molecule has 0 aromatic carbocycles. The van der Waals surface area contributed by atoms with Crippen molar-refractivity contribution in [2.24, 2.45) is 23.8 Å². The van der Waals surface area contributed by atoms with Crippen LogP contribution < -0.4 is 10.2 Å². The number of nitrogens with one attached hydrogen (secondary N) is 1. The van der Waals surface area contributed by atoms with Gasteiger partial charge in [-0.25, -0.2) is 4.98 Å². The van der Waals surface area contributed by atoms with Crippen molar-refractivity contribution in [1.29, 1.82) is 0 Å². The van der Waals surface area contributed by atoms with Crippen LogP contribution in [0, 0.1) is 16.7 Å². The molecule has 0 unspecified atom stereocenters. The minimum atomic E-state index is 0.257. The highest BCUT2D eigenvalue weighted by Gasteiger charge is 2.58. The predicted molar refractivity (Wildman–Crippen MR) is 111 cm³/mol. The second-order valence-corrected chi connectivity index (χ2v) is 9.89. The standard InChI is InChI=1S/C20H28ClN7/c1-19-10-27(8-14-4-5-14)11-20(19,2)13-28(12-19)17-16(21)7-22-18(25-17)24-15-6-23-26(3)9-15/h6-7,9,14H,4-5,8,10-13H2,1-3H3,(H,22,24,25)/t19-,20+. The fourth-order valence-corrected chi connectivity index (χ4v) is 5.21. The SMILES string of the molecule is Cn1cc(Nc2ncc(Cl)c(N3C[C@]4(C)CN(CC5CC5)C[C@]4(C)C3)n2)cn1. The van der Waals surface area contributed by atoms with E-state index in [9.17, 15) is 0 Å². The molecule has 2 aliphatic heterocycles. The summed E-state index contributed by atoms with van der Waals surface area (Å²) in [6.45, 7) is 10.4. The Bertz CT molecular complexity index is 874. The maximum absolute atomic E-state index is 6.52. The lowest BCUT2D eigenvalue weighted by molar-refractivity contribution is 0.212. The average Bonchev–Trinajstić information content (AvgIpc) is 3.20. The van der Waals surface area contributed by atoms with E-state index in [4.69, 9.17) is 16.6 Å². The lowest BCUT2D eigenvalue weighted by Gasteiger charge is -2.30. The van der Waals surface area contributed by atoms with Gasteiger partial charge in [-0.2, -0.15) is 10.1 Å². The highest BCUT2D eigenvalue weighted by Crippen LogP contribution is 2.53. The zero-order chi connectivity index (χ0) is 19.5. The molecule has 7 nitrogen and oxygen atoms in total. The summed E-state index contributed by atoms with van der Waals surface area (Å²) in [4.78, 5) is 14.1. The van der Waals surface area contributed by atoms with E-state index in [1.54, 1.807) is 17.1 Å². The first-order valence-electron chi connectivity index (χ1n) is 10.1. The Hall–Kier alpha value is -1.86. The Kier molecular flexibility index (Phi) is 4.11. The van der Waals surface area contributed by atoms with E-state index in [0.29, 0.717) is 11.0 Å². The van der Waals surface area contributed by atoms with Gasteiger partial charge in [-0.3, -0.25) is 4.68 Å². The molecule has 2 atom stereocenters. The van der Waals surface area contributed by atoms with Crippen molar-refractivity contribution in [3.8, 4) is 0 Å². The molecule has 5 rings (SSSR count). The van der Waals surface area contributed by atoms with Gasteiger partial charge in [0.2, 0.25) is 5.95 Å². The van der Waals surface area contributed by atoms with Crippen LogP contribution >= 0.6 is 11.6 Å². The van der Waals surface area contributed by atoms with Crippen molar-refractivity contribution in [3.05, 3.63) is 23.6 Å². The van der Waals surface area contributed by atoms with Crippen LogP contribution in [0.1, 0.15) is 26.7 Å². The Balaban J connectivity index is 1.35. The number of anilines is 3. The van der Waals surface area contributed by atoms with E-state index in [-0.39, 0.29) is 10.8 Å². The normalized spacial score (nSPS) is 30.1. The van der Waals surface area contributed by atoms with Gasteiger partial charge < -0.3 is 15.1 Å². The van der Waals surface area contributed by atoms with Gasteiger partial charge >= 0.3 is 0 Å². The van der Waals surface area contributed by atoms with Crippen LogP contribution in [-0.4, -0.2) is 57.4 Å². The molecule has 3 fully saturated rings. The molecule has 1 saturated carbocycles. The van der Waals surface area contributed by atoms with E-state index < -0.39 is 0 Å². The van der Waals surface area contributed by atoms with E-state index in [0.717, 1.165) is 30.5 Å². The van der Waals surface area contributed by atoms with Crippen LogP contribution in [0.15, 0.2) is 18.6 Å². The lowest BCUT2D eigenvalue weighted by Crippen LogP contribution is -2.34. The van der Waals surface area contributed by atoms with Crippen LogP contribution in [-0.2, 0) is 7.05 Å². The first-order chi connectivity index (χ1) is 13.3. The Morgan fingerprint density at radius 3 is 2.46 bits per heavy atom. The van der Waals surface area contributed by atoms with Crippen LogP contribution in [0.5, 0.6) is 0 Å². The van der Waals surface area contributed by atoms with Crippen LogP contribution in [0.25, 0.3) is 0 Å². The Morgan fingerprint density at radius 2 is 1.86 bits per heavy atom. The van der Waals surface area contributed by atoms with Crippen molar-refractivity contribution >= 4 is 29.1 Å². The third-order valence-corrected chi connectivity index (χ3v) is 7.15. The number of aromatic nitrogens is 4. The summed E-state index contributed by atoms with van der Waals surface area (Å²) in [7, 11) is 1.89. The monoisotopic (exact) mass is 401 g/mol. The third kappa shape index (κ3) is 3.14. The molecular formula is C20H28ClN7. The molecule has 2 aromatic heterocycles. The van der Waals surface area contributed by atoms with Crippen LogP contribution in [0.2, 0.25) is 5.02 Å². The molecule has 0 radical (unpaired) electrons. The molecule has 2 aromatic rings. The molecule has 4 heterocycles. The fraction of sp³-hybridized carbons (Fsp3) is 0.650. The first-order valence-corrected chi connectivity index (χ1v) is 10.5. The van der Waals surface area contributed by atoms with E-state index in [1.165, 1.54) is 32.5 Å². The van der Waals surface area contributed by atoms with Crippen molar-refractivity contribution in [3.63, 3.8) is 0 Å². The molecular weight excluding hydrogens is 374 g/mol. The molecule has 3 aliphatic rings. The highest BCUT2D eigenvalue weighted by molar-refractivity contribution is 6.32. The van der Waals surface area contributed by atoms with E-state index in [1.807, 2.05) is 13.2 Å². The van der Waals surface area contributed by atoms with Crippen molar-refractivity contribution in [1.82, 2.24) is 24.6 Å². The van der Waals surface area contributed by atoms with Crippen molar-refractivity contribution in [2.75, 3.05) is 42.9 Å². The second kappa shape index (κ2) is 6.32. The van der Waals surface area contributed by atoms with Gasteiger partial charge in [-0.1, -0.05) is 25.4 Å². The van der Waals surface area contributed by atoms with Crippen LogP contribution in [0.3, 0.4) is 0 Å². The smallest absolute Gasteiger partial charge is 0.229 e. The van der Waals surface area contributed by atoms with Gasteiger partial charge in [0.05, 0.1) is 18.1 Å². The number of fused-ring (bicyclic) bond motifs is 1. The summed E-state index contributed by atoms with van der Waals surface area (Å²) < 4.78 is 1.75. The number of hydrogen-bond acceptors (Lipinski definition) is 6. The topological polar surface area (TPSA) is 62.1 Å². The molecule has 0 amide bonds. The molecule has 0 spiro atoms. The summed E-state index contributed by atoms with van der Waals surface area (Å²) in [6.07, 6.45) is 8.18. The van der Waals surface area contributed by atoms with E-state index in [2.05, 4.69) is 39.0 Å². The minimum Gasteiger partial charge on any atom is -0.354 e. The lowest BCUT2D eigenvalue weighted by atomic mass is 9.71. The summed E-state index contributed by atoms with van der Waals surface area (Å²) in [6, 6.07) is 0. The molecule has 1 N–H and O–H groups in total. The molecule has 150 valence electrons. The summed E-state index contributed by atoms with van der Waals surface area (Å²) in [5.74, 6) is 2.32. The highest BCUT2D eigenvalue weighted by atomic mass is 35.5. The number of rotatable bonds is 5. The van der Waals surface area contributed by atoms with Gasteiger partial charge in [-0.15, -0.1) is 0 Å². The maximum atomic E-state index is 6.52. The van der Waals surface area contributed by atoms with Gasteiger partial charge in [0.25, 0.3) is 0 Å². The molecule has 28 heavy (non-hydrogen) atoms. The average molecular weight is 402 g/mol. The number of halogens is 1. The van der Waals surface area contributed by atoms with Gasteiger partial charge in [0, 0.05) is 56.8 Å². The van der Waals surface area contributed by atoms with Gasteiger partial charge in [-0.05, 0) is 18.8 Å². The van der Waals surface area contributed by atoms with Gasteiger partial charge in [0.1, 0.15) is 5.02 Å². The maximum Gasteiger partial charge on any atom is 0.229 e. The molecule has 2 saturated heterocycles. The van der Waals surface area contributed by atoms with Crippen molar-refractivity contribution in [2.45, 2.75) is 26.7 Å². The summed E-state index contributed by atoms with van der Waals surface area (Å²) >= 11 is 6.52. The van der Waals surface area contributed by atoms with Crippen molar-refractivity contribution < 1.29 is 0 Å². The Morgan fingerprint density at radius 1 is 1.14 bits per heavy atom. The zero-order valence-electron chi connectivity index (χ0n) is 16.8. The largest absolute Gasteiger partial charge is 0.354 e. The van der Waals surface area contributed by atoms with Crippen LogP contribution in [0.4, 0.5) is 17.5 Å². The predicted octanol–water partition coefficient (Wildman–Crippen LogP) is 3.17. The summed E-state index contributed by atoms with van der Waals surface area (Å²) in [5, 5.41) is 8.01. The number of nitrogens with zero attached hydrogens (tertiary/aromatic N) is 6. The molecule has 0 bridgehead atoms. The first kappa shape index (κ1) is 18.2. The fourth-order valence-electron chi connectivity index (χ4n) is 5.00. The minimum absolute atomic E-state index is 0.257. The number of hydrogen-bond donors (Lipinski definition) is 1. The molecule has 1 aliphatic carbocycles. The number of aryl methyl sites for hydroxylation is 1. The summed E-state index contributed by atoms with van der Waals surface area (Å²) in [5.41, 5.74) is 1.38. The quantitative estimate of drug-likeness (QED) is 0.830. The number of likely N-dealkylation sites (tertiary alicyclic amines) is 1. The van der Waals surface area contributed by atoms with Gasteiger partial charge in [0.15, 0.2) is 5.82 Å². The van der Waals surface area contributed by atoms with E-state index >= 15 is 0 Å². The molecule has 8 heteroatoms. The second-order valence-electron chi connectivity index (χ2n) is 9.48. The zero-order valence-corrected chi connectivity index (χ0v) is 17.6.